The van der Waals surface area contributed by atoms with Crippen LogP contribution in [0.5, 0.6) is 0 Å². The molecule has 1 amide bonds. The van der Waals surface area contributed by atoms with Crippen molar-refractivity contribution in [2.75, 3.05) is 32.1 Å². The second-order valence-corrected chi connectivity index (χ2v) is 9.08. The molecule has 0 N–H and O–H groups in total. The van der Waals surface area contributed by atoms with Gasteiger partial charge < -0.3 is 4.90 Å². The Labute approximate surface area is 181 Å². The van der Waals surface area contributed by atoms with Crippen LogP contribution in [0.3, 0.4) is 0 Å². The average molecular weight is 418 g/mol. The van der Waals surface area contributed by atoms with Gasteiger partial charge in [0.15, 0.2) is 5.13 Å². The first-order valence-corrected chi connectivity index (χ1v) is 11.1. The molecule has 4 aromatic rings. The molecule has 0 saturated carbocycles. The van der Waals surface area contributed by atoms with Gasteiger partial charge in [0.25, 0.3) is 5.91 Å². The number of rotatable bonds is 6. The van der Waals surface area contributed by atoms with E-state index in [1.807, 2.05) is 41.3 Å². The first-order valence-electron chi connectivity index (χ1n) is 10.3. The molecule has 0 aliphatic carbocycles. The third-order valence-corrected chi connectivity index (χ3v) is 6.50. The van der Waals surface area contributed by atoms with E-state index in [4.69, 9.17) is 4.98 Å². The zero-order chi connectivity index (χ0) is 21.3. The summed E-state index contributed by atoms with van der Waals surface area (Å²) in [5.41, 5.74) is 4.07. The van der Waals surface area contributed by atoms with Crippen molar-refractivity contribution in [3.8, 4) is 0 Å². The van der Waals surface area contributed by atoms with Crippen molar-refractivity contribution in [3.05, 3.63) is 71.3 Å². The van der Waals surface area contributed by atoms with Crippen LogP contribution in [0.4, 0.5) is 5.13 Å². The van der Waals surface area contributed by atoms with Gasteiger partial charge in [-0.25, -0.2) is 4.98 Å². The Morgan fingerprint density at radius 1 is 0.967 bits per heavy atom. The fourth-order valence-electron chi connectivity index (χ4n) is 3.79. The minimum absolute atomic E-state index is 0.00735. The lowest BCUT2D eigenvalue weighted by molar-refractivity contribution is 0.0986. The van der Waals surface area contributed by atoms with Gasteiger partial charge in [0.05, 0.1) is 10.2 Å². The number of nitrogens with zero attached hydrogens (tertiary/aromatic N) is 3. The summed E-state index contributed by atoms with van der Waals surface area (Å²) in [4.78, 5) is 22.4. The van der Waals surface area contributed by atoms with Crippen molar-refractivity contribution >= 4 is 43.4 Å². The molecule has 154 valence electrons. The first-order chi connectivity index (χ1) is 14.4. The molecule has 30 heavy (non-hydrogen) atoms. The Balaban J connectivity index is 1.73. The topological polar surface area (TPSA) is 36.4 Å². The fraction of sp³-hybridized carbons (Fsp3) is 0.280. The van der Waals surface area contributed by atoms with Crippen LogP contribution in [-0.4, -0.2) is 43.0 Å². The van der Waals surface area contributed by atoms with Gasteiger partial charge in [0, 0.05) is 12.1 Å². The van der Waals surface area contributed by atoms with Crippen molar-refractivity contribution in [2.24, 2.45) is 0 Å². The highest BCUT2D eigenvalue weighted by Crippen LogP contribution is 2.33. The summed E-state index contributed by atoms with van der Waals surface area (Å²) in [6, 6.07) is 18.3. The SMILES string of the molecule is Cc1cc(C)c2sc(N(CCCN(C)C)C(=O)c3ccc4ccccc4c3)nc2c1. The largest absolute Gasteiger partial charge is 0.309 e. The maximum atomic E-state index is 13.6. The van der Waals surface area contributed by atoms with E-state index in [-0.39, 0.29) is 5.91 Å². The molecule has 5 heteroatoms. The molecule has 1 aromatic heterocycles. The predicted octanol–water partition coefficient (Wildman–Crippen LogP) is 5.66. The van der Waals surface area contributed by atoms with Gasteiger partial charge in [-0.2, -0.15) is 0 Å². The van der Waals surface area contributed by atoms with E-state index in [9.17, 15) is 4.79 Å². The normalized spacial score (nSPS) is 11.5. The van der Waals surface area contributed by atoms with E-state index in [2.05, 4.69) is 51.0 Å². The number of carbonyl (C=O) groups is 1. The van der Waals surface area contributed by atoms with Crippen LogP contribution in [0.2, 0.25) is 0 Å². The molecule has 4 nitrogen and oxygen atoms in total. The Bertz CT molecular complexity index is 1210. The van der Waals surface area contributed by atoms with Crippen molar-refractivity contribution in [1.82, 2.24) is 9.88 Å². The van der Waals surface area contributed by atoms with Crippen molar-refractivity contribution in [3.63, 3.8) is 0 Å². The summed E-state index contributed by atoms with van der Waals surface area (Å²) in [7, 11) is 4.11. The predicted molar refractivity (Wildman–Crippen MR) is 128 cm³/mol. The van der Waals surface area contributed by atoms with Gasteiger partial charge in [-0.3, -0.25) is 9.69 Å². The Hall–Kier alpha value is -2.76. The van der Waals surface area contributed by atoms with Gasteiger partial charge >= 0.3 is 0 Å². The van der Waals surface area contributed by atoms with Gasteiger partial charge in [-0.15, -0.1) is 0 Å². The minimum Gasteiger partial charge on any atom is -0.309 e. The number of hydrogen-bond acceptors (Lipinski definition) is 4. The van der Waals surface area contributed by atoms with Crippen molar-refractivity contribution in [1.29, 1.82) is 0 Å². The van der Waals surface area contributed by atoms with E-state index in [0.29, 0.717) is 12.1 Å². The van der Waals surface area contributed by atoms with Crippen molar-refractivity contribution < 1.29 is 4.79 Å². The zero-order valence-electron chi connectivity index (χ0n) is 18.0. The summed E-state index contributed by atoms with van der Waals surface area (Å²) < 4.78 is 1.15. The van der Waals surface area contributed by atoms with Crippen LogP contribution >= 0.6 is 11.3 Å². The van der Waals surface area contributed by atoms with E-state index in [1.165, 1.54) is 11.1 Å². The third kappa shape index (κ3) is 4.23. The molecule has 0 aliphatic rings. The van der Waals surface area contributed by atoms with Gasteiger partial charge in [0.1, 0.15) is 0 Å². The molecule has 4 rings (SSSR count). The molecule has 0 aliphatic heterocycles. The van der Waals surface area contributed by atoms with Crippen LogP contribution in [0, 0.1) is 13.8 Å². The smallest absolute Gasteiger partial charge is 0.260 e. The van der Waals surface area contributed by atoms with E-state index < -0.39 is 0 Å². The summed E-state index contributed by atoms with van der Waals surface area (Å²) in [6.45, 7) is 5.76. The number of thiazole rings is 1. The lowest BCUT2D eigenvalue weighted by Crippen LogP contribution is -2.33. The van der Waals surface area contributed by atoms with E-state index in [0.717, 1.165) is 39.1 Å². The number of carbonyl (C=O) groups excluding carboxylic acids is 1. The van der Waals surface area contributed by atoms with Crippen molar-refractivity contribution in [2.45, 2.75) is 20.3 Å². The molecule has 3 aromatic carbocycles. The molecular weight excluding hydrogens is 390 g/mol. The summed E-state index contributed by atoms with van der Waals surface area (Å²) in [6.07, 6.45) is 0.889. The summed E-state index contributed by atoms with van der Waals surface area (Å²) in [5.74, 6) is 0.00735. The maximum Gasteiger partial charge on any atom is 0.260 e. The lowest BCUT2D eigenvalue weighted by Gasteiger charge is -2.21. The number of anilines is 1. The molecule has 0 radical (unpaired) electrons. The second kappa shape index (κ2) is 8.54. The van der Waals surface area contributed by atoms with Crippen LogP contribution in [0.15, 0.2) is 54.6 Å². The third-order valence-electron chi connectivity index (χ3n) is 5.27. The average Bonchev–Trinajstić information content (AvgIpc) is 3.14. The van der Waals surface area contributed by atoms with Gasteiger partial charge in [-0.05, 0) is 81.0 Å². The molecular formula is C25H27N3OS. The second-order valence-electron chi connectivity index (χ2n) is 8.10. The summed E-state index contributed by atoms with van der Waals surface area (Å²) >= 11 is 1.61. The lowest BCUT2D eigenvalue weighted by atomic mass is 10.1. The monoisotopic (exact) mass is 417 g/mol. The Morgan fingerprint density at radius 3 is 2.50 bits per heavy atom. The number of aryl methyl sites for hydroxylation is 2. The molecule has 0 atom stereocenters. The molecule has 0 saturated heterocycles. The molecule has 0 unspecified atom stereocenters. The van der Waals surface area contributed by atoms with Gasteiger partial charge in [0.2, 0.25) is 0 Å². The first kappa shape index (κ1) is 20.5. The van der Waals surface area contributed by atoms with Crippen LogP contribution in [0.25, 0.3) is 21.0 Å². The highest BCUT2D eigenvalue weighted by molar-refractivity contribution is 7.22. The van der Waals surface area contributed by atoms with Crippen LogP contribution in [-0.2, 0) is 0 Å². The molecule has 0 fully saturated rings. The van der Waals surface area contributed by atoms with Crippen LogP contribution < -0.4 is 4.90 Å². The van der Waals surface area contributed by atoms with E-state index in [1.54, 1.807) is 11.3 Å². The van der Waals surface area contributed by atoms with Gasteiger partial charge in [-0.1, -0.05) is 47.7 Å². The fourth-order valence-corrected chi connectivity index (χ4v) is 4.83. The quantitative estimate of drug-likeness (QED) is 0.406. The number of benzene rings is 3. The maximum absolute atomic E-state index is 13.6. The van der Waals surface area contributed by atoms with E-state index >= 15 is 0 Å². The number of amides is 1. The standard InChI is InChI=1S/C25H27N3OS/c1-17-14-18(2)23-22(15-17)26-25(30-23)28(13-7-12-27(3)4)24(29)21-11-10-19-8-5-6-9-20(19)16-21/h5-6,8-11,14-16H,7,12-13H2,1-4H3. The summed E-state index contributed by atoms with van der Waals surface area (Å²) in [5, 5.41) is 2.99. The zero-order valence-corrected chi connectivity index (χ0v) is 18.8. The highest BCUT2D eigenvalue weighted by Gasteiger charge is 2.22. The Kier molecular flexibility index (Phi) is 5.84. The number of aromatic nitrogens is 1. The van der Waals surface area contributed by atoms with Crippen LogP contribution in [0.1, 0.15) is 27.9 Å². The highest BCUT2D eigenvalue weighted by atomic mass is 32.1. The number of fused-ring (bicyclic) bond motifs is 2. The molecule has 1 heterocycles. The number of hydrogen-bond donors (Lipinski definition) is 0. The molecule has 0 spiro atoms. The minimum atomic E-state index is 0.00735. The molecule has 0 bridgehead atoms. The Morgan fingerprint density at radius 2 is 1.73 bits per heavy atom.